The highest BCUT2D eigenvalue weighted by atomic mass is 16.5. The summed E-state index contributed by atoms with van der Waals surface area (Å²) in [6.07, 6.45) is 3.70. The molecule has 1 saturated carbocycles. The Kier molecular flexibility index (Phi) is 3.86. The van der Waals surface area contributed by atoms with Crippen molar-refractivity contribution in [3.8, 4) is 0 Å². The molecule has 1 aromatic carbocycles. The lowest BCUT2D eigenvalue weighted by Crippen LogP contribution is -2.36. The molecule has 0 atom stereocenters. The molecule has 2 heteroatoms. The topological polar surface area (TPSA) is 26.3 Å². The molecular weight excluding hydrogens is 224 g/mol. The highest BCUT2D eigenvalue weighted by Crippen LogP contribution is 2.38. The number of rotatable bonds is 5. The zero-order valence-corrected chi connectivity index (χ0v) is 11.5. The highest BCUT2D eigenvalue weighted by Gasteiger charge is 2.32. The first-order valence-electron chi connectivity index (χ1n) is 6.84. The van der Waals surface area contributed by atoms with E-state index in [1.807, 2.05) is 39.0 Å². The van der Waals surface area contributed by atoms with Crippen LogP contribution in [-0.2, 0) is 4.74 Å². The molecule has 2 rings (SSSR count). The molecule has 0 aliphatic heterocycles. The van der Waals surface area contributed by atoms with E-state index in [0.29, 0.717) is 12.5 Å². The van der Waals surface area contributed by atoms with Crippen LogP contribution in [-0.4, -0.2) is 18.0 Å². The van der Waals surface area contributed by atoms with E-state index in [1.54, 1.807) is 0 Å². The second-order valence-electron chi connectivity index (χ2n) is 5.49. The molecule has 2 nitrogen and oxygen atoms in total. The molecule has 0 bridgehead atoms. The Morgan fingerprint density at radius 2 is 2.00 bits per heavy atom. The number of Topliss-reactive ketones (excluding diaryl/α,β-unsaturated/α-hetero) is 1. The maximum atomic E-state index is 12.6. The van der Waals surface area contributed by atoms with Crippen LogP contribution in [0.3, 0.4) is 0 Å². The van der Waals surface area contributed by atoms with Crippen LogP contribution in [0.5, 0.6) is 0 Å². The number of benzene rings is 1. The molecule has 0 radical (unpaired) electrons. The number of hydrogen-bond acceptors (Lipinski definition) is 2. The van der Waals surface area contributed by atoms with Gasteiger partial charge in [0.25, 0.3) is 0 Å². The molecule has 1 aromatic rings. The van der Waals surface area contributed by atoms with E-state index < -0.39 is 5.60 Å². The Balaban J connectivity index is 2.29. The smallest absolute Gasteiger partial charge is 0.194 e. The quantitative estimate of drug-likeness (QED) is 0.735. The van der Waals surface area contributed by atoms with Gasteiger partial charge >= 0.3 is 0 Å². The van der Waals surface area contributed by atoms with Crippen LogP contribution in [0.25, 0.3) is 0 Å². The van der Waals surface area contributed by atoms with Crippen LogP contribution in [0.15, 0.2) is 24.3 Å². The lowest BCUT2D eigenvalue weighted by Gasteiger charge is -2.30. The Hall–Kier alpha value is -1.15. The van der Waals surface area contributed by atoms with Crippen molar-refractivity contribution in [1.82, 2.24) is 0 Å². The fourth-order valence-electron chi connectivity index (χ4n) is 2.53. The van der Waals surface area contributed by atoms with Gasteiger partial charge in [0.1, 0.15) is 5.60 Å². The lowest BCUT2D eigenvalue weighted by molar-refractivity contribution is 0.00112. The fraction of sp³-hybridized carbons (Fsp3) is 0.562. The predicted molar refractivity (Wildman–Crippen MR) is 73.1 cm³/mol. The molecule has 1 aliphatic carbocycles. The van der Waals surface area contributed by atoms with E-state index in [1.165, 1.54) is 24.8 Å². The monoisotopic (exact) mass is 246 g/mol. The van der Waals surface area contributed by atoms with Crippen LogP contribution < -0.4 is 0 Å². The van der Waals surface area contributed by atoms with Gasteiger partial charge in [-0.25, -0.2) is 0 Å². The molecule has 0 spiro atoms. The van der Waals surface area contributed by atoms with Gasteiger partial charge in [0.2, 0.25) is 0 Å². The van der Waals surface area contributed by atoms with Crippen LogP contribution in [0, 0.1) is 0 Å². The first kappa shape index (κ1) is 13.3. The van der Waals surface area contributed by atoms with Gasteiger partial charge in [-0.1, -0.05) is 30.7 Å². The summed E-state index contributed by atoms with van der Waals surface area (Å²) in [4.78, 5) is 12.6. The molecule has 0 heterocycles. The summed E-state index contributed by atoms with van der Waals surface area (Å²) in [5.74, 6) is 0.675. The largest absolute Gasteiger partial charge is 0.368 e. The van der Waals surface area contributed by atoms with Crippen molar-refractivity contribution in [2.45, 2.75) is 51.6 Å². The van der Waals surface area contributed by atoms with Crippen LogP contribution in [0.2, 0.25) is 0 Å². The number of ether oxygens (including phenoxy) is 1. The SMILES string of the molecule is CCOC(C)(C)C(=O)c1ccccc1C1CCC1. The first-order chi connectivity index (χ1) is 8.56. The third kappa shape index (κ3) is 2.49. The van der Waals surface area contributed by atoms with Crippen molar-refractivity contribution < 1.29 is 9.53 Å². The van der Waals surface area contributed by atoms with Crippen LogP contribution >= 0.6 is 0 Å². The van der Waals surface area contributed by atoms with Gasteiger partial charge in [-0.05, 0) is 45.1 Å². The standard InChI is InChI=1S/C16H22O2/c1-4-18-16(2,3)15(17)14-11-6-5-10-13(14)12-8-7-9-12/h5-6,10-12H,4,7-9H2,1-3H3. The van der Waals surface area contributed by atoms with Gasteiger partial charge in [0.15, 0.2) is 5.78 Å². The molecule has 0 N–H and O–H groups in total. The van der Waals surface area contributed by atoms with Crippen molar-refractivity contribution in [3.63, 3.8) is 0 Å². The number of carbonyl (C=O) groups is 1. The van der Waals surface area contributed by atoms with Gasteiger partial charge < -0.3 is 4.74 Å². The Morgan fingerprint density at radius 1 is 1.33 bits per heavy atom. The molecule has 1 aliphatic rings. The molecule has 0 saturated heterocycles. The summed E-state index contributed by atoms with van der Waals surface area (Å²) in [5, 5.41) is 0. The molecule has 18 heavy (non-hydrogen) atoms. The van der Waals surface area contributed by atoms with Crippen molar-refractivity contribution in [2.75, 3.05) is 6.61 Å². The zero-order valence-electron chi connectivity index (χ0n) is 11.5. The van der Waals surface area contributed by atoms with Crippen LogP contribution in [0.4, 0.5) is 0 Å². The van der Waals surface area contributed by atoms with Gasteiger partial charge in [-0.3, -0.25) is 4.79 Å². The summed E-state index contributed by atoms with van der Waals surface area (Å²) in [7, 11) is 0. The molecule has 0 unspecified atom stereocenters. The van der Waals surface area contributed by atoms with Gasteiger partial charge in [-0.15, -0.1) is 0 Å². The third-order valence-electron chi connectivity index (χ3n) is 3.80. The van der Waals surface area contributed by atoms with Crippen molar-refractivity contribution in [3.05, 3.63) is 35.4 Å². The first-order valence-corrected chi connectivity index (χ1v) is 6.84. The second kappa shape index (κ2) is 5.23. The minimum atomic E-state index is -0.728. The summed E-state index contributed by atoms with van der Waals surface area (Å²) in [6, 6.07) is 8.01. The second-order valence-corrected chi connectivity index (χ2v) is 5.49. The zero-order chi connectivity index (χ0) is 13.2. The van der Waals surface area contributed by atoms with E-state index in [0.717, 1.165) is 5.56 Å². The molecule has 1 fully saturated rings. The van der Waals surface area contributed by atoms with Crippen molar-refractivity contribution in [2.24, 2.45) is 0 Å². The van der Waals surface area contributed by atoms with Gasteiger partial charge in [0.05, 0.1) is 0 Å². The summed E-state index contributed by atoms with van der Waals surface area (Å²) >= 11 is 0. The maximum Gasteiger partial charge on any atom is 0.194 e. The molecule has 98 valence electrons. The van der Waals surface area contributed by atoms with Gasteiger partial charge in [0, 0.05) is 12.2 Å². The number of ketones is 1. The van der Waals surface area contributed by atoms with E-state index in [9.17, 15) is 4.79 Å². The van der Waals surface area contributed by atoms with E-state index >= 15 is 0 Å². The van der Waals surface area contributed by atoms with Gasteiger partial charge in [-0.2, -0.15) is 0 Å². The lowest BCUT2D eigenvalue weighted by atomic mass is 9.76. The average molecular weight is 246 g/mol. The maximum absolute atomic E-state index is 12.6. The van der Waals surface area contributed by atoms with E-state index in [4.69, 9.17) is 4.74 Å². The Bertz CT molecular complexity index is 430. The predicted octanol–water partition coefficient (Wildman–Crippen LogP) is 3.95. The molecule has 0 amide bonds. The highest BCUT2D eigenvalue weighted by molar-refractivity contribution is 6.03. The normalized spacial score (nSPS) is 16.4. The Labute approximate surface area is 109 Å². The minimum absolute atomic E-state index is 0.104. The third-order valence-corrected chi connectivity index (χ3v) is 3.80. The Morgan fingerprint density at radius 3 is 2.56 bits per heavy atom. The number of hydrogen-bond donors (Lipinski definition) is 0. The fourth-order valence-corrected chi connectivity index (χ4v) is 2.53. The van der Waals surface area contributed by atoms with Crippen LogP contribution in [0.1, 0.15) is 61.9 Å². The summed E-state index contributed by atoms with van der Waals surface area (Å²) < 4.78 is 5.58. The molecule has 0 aromatic heterocycles. The average Bonchev–Trinajstić information content (AvgIpc) is 2.26. The van der Waals surface area contributed by atoms with Crippen molar-refractivity contribution >= 4 is 5.78 Å². The van der Waals surface area contributed by atoms with E-state index in [-0.39, 0.29) is 5.78 Å². The summed E-state index contributed by atoms with van der Waals surface area (Å²) in [5.41, 5.74) is 1.33. The van der Waals surface area contributed by atoms with E-state index in [2.05, 4.69) is 6.07 Å². The molecular formula is C16H22O2. The van der Waals surface area contributed by atoms with Crippen molar-refractivity contribution in [1.29, 1.82) is 0 Å². The minimum Gasteiger partial charge on any atom is -0.368 e. The number of carbonyl (C=O) groups excluding carboxylic acids is 1. The summed E-state index contributed by atoms with van der Waals surface area (Å²) in [6.45, 7) is 6.20.